The molecule has 0 radical (unpaired) electrons. The Hall–Kier alpha value is -2.57. The third-order valence-electron chi connectivity index (χ3n) is 4.39. The second-order valence-corrected chi connectivity index (χ2v) is 6.47. The Kier molecular flexibility index (Phi) is 7.92. The molecular formula is C19H28N4O3. The van der Waals surface area contributed by atoms with Gasteiger partial charge in [-0.3, -0.25) is 9.59 Å². The molecule has 0 bridgehead atoms. The summed E-state index contributed by atoms with van der Waals surface area (Å²) in [5.41, 5.74) is 1.17. The summed E-state index contributed by atoms with van der Waals surface area (Å²) in [5, 5.41) is 11.2. The smallest absolute Gasteiger partial charge is 0.315 e. The fraction of sp³-hybridized carbons (Fsp3) is 0.526. The molecule has 142 valence electrons. The molecule has 0 heterocycles. The molecule has 7 nitrogen and oxygen atoms in total. The first kappa shape index (κ1) is 19.8. The highest BCUT2D eigenvalue weighted by atomic mass is 16.2. The van der Waals surface area contributed by atoms with E-state index in [1.54, 1.807) is 31.2 Å². The SMILES string of the molecule is CCC(=O)Nc1ccc(C(=O)NCCNC(=O)NC2CCCCC2)cc1. The van der Waals surface area contributed by atoms with Gasteiger partial charge in [-0.25, -0.2) is 4.79 Å². The van der Waals surface area contributed by atoms with Crippen LogP contribution in [0.1, 0.15) is 55.8 Å². The van der Waals surface area contributed by atoms with Gasteiger partial charge in [-0.15, -0.1) is 0 Å². The maximum absolute atomic E-state index is 12.1. The van der Waals surface area contributed by atoms with Gasteiger partial charge in [-0.1, -0.05) is 26.2 Å². The summed E-state index contributed by atoms with van der Waals surface area (Å²) in [5.74, 6) is -0.285. The number of urea groups is 1. The number of anilines is 1. The summed E-state index contributed by atoms with van der Waals surface area (Å²) in [6.07, 6.45) is 6.07. The van der Waals surface area contributed by atoms with E-state index in [0.29, 0.717) is 30.8 Å². The van der Waals surface area contributed by atoms with E-state index in [4.69, 9.17) is 0 Å². The first-order valence-electron chi connectivity index (χ1n) is 9.31. The van der Waals surface area contributed by atoms with Crippen molar-refractivity contribution in [1.29, 1.82) is 0 Å². The van der Waals surface area contributed by atoms with Crippen molar-refractivity contribution in [2.24, 2.45) is 0 Å². The molecule has 1 saturated carbocycles. The fourth-order valence-corrected chi connectivity index (χ4v) is 2.89. The molecule has 26 heavy (non-hydrogen) atoms. The zero-order valence-electron chi connectivity index (χ0n) is 15.3. The molecule has 0 aliphatic heterocycles. The van der Waals surface area contributed by atoms with Gasteiger partial charge in [0.2, 0.25) is 5.91 Å². The average molecular weight is 360 g/mol. The highest BCUT2D eigenvalue weighted by molar-refractivity contribution is 5.95. The number of nitrogens with one attached hydrogen (secondary N) is 4. The lowest BCUT2D eigenvalue weighted by Gasteiger charge is -2.22. The minimum absolute atomic E-state index is 0.0696. The summed E-state index contributed by atoms with van der Waals surface area (Å²) < 4.78 is 0. The van der Waals surface area contributed by atoms with Gasteiger partial charge < -0.3 is 21.3 Å². The Morgan fingerprint density at radius 1 is 0.962 bits per heavy atom. The van der Waals surface area contributed by atoms with Crippen LogP contribution in [-0.2, 0) is 4.79 Å². The lowest BCUT2D eigenvalue weighted by Crippen LogP contribution is -2.45. The molecule has 0 saturated heterocycles. The molecule has 1 aliphatic carbocycles. The number of carbonyl (C=O) groups is 3. The molecule has 2 rings (SSSR count). The van der Waals surface area contributed by atoms with E-state index in [9.17, 15) is 14.4 Å². The van der Waals surface area contributed by atoms with Gasteiger partial charge in [0.05, 0.1) is 0 Å². The van der Waals surface area contributed by atoms with Gasteiger partial charge in [0, 0.05) is 36.8 Å². The third-order valence-corrected chi connectivity index (χ3v) is 4.39. The van der Waals surface area contributed by atoms with Crippen LogP contribution in [0.25, 0.3) is 0 Å². The van der Waals surface area contributed by atoms with Crippen LogP contribution in [0.4, 0.5) is 10.5 Å². The van der Waals surface area contributed by atoms with Crippen molar-refractivity contribution in [3.8, 4) is 0 Å². The Balaban J connectivity index is 1.64. The van der Waals surface area contributed by atoms with Crippen molar-refractivity contribution in [2.75, 3.05) is 18.4 Å². The molecular weight excluding hydrogens is 332 g/mol. The van der Waals surface area contributed by atoms with E-state index >= 15 is 0 Å². The summed E-state index contributed by atoms with van der Waals surface area (Å²) >= 11 is 0. The number of carbonyl (C=O) groups excluding carboxylic acids is 3. The van der Waals surface area contributed by atoms with Crippen molar-refractivity contribution in [1.82, 2.24) is 16.0 Å². The Morgan fingerprint density at radius 2 is 1.62 bits per heavy atom. The lowest BCUT2D eigenvalue weighted by atomic mass is 9.96. The molecule has 1 aliphatic rings. The van der Waals surface area contributed by atoms with Gasteiger partial charge in [-0.05, 0) is 37.1 Å². The van der Waals surface area contributed by atoms with E-state index in [2.05, 4.69) is 21.3 Å². The molecule has 0 aromatic heterocycles. The van der Waals surface area contributed by atoms with Gasteiger partial charge in [0.1, 0.15) is 0 Å². The highest BCUT2D eigenvalue weighted by Gasteiger charge is 2.15. The topological polar surface area (TPSA) is 99.3 Å². The van der Waals surface area contributed by atoms with Gasteiger partial charge in [0.25, 0.3) is 5.91 Å². The van der Waals surface area contributed by atoms with Gasteiger partial charge in [-0.2, -0.15) is 0 Å². The number of hydrogen-bond acceptors (Lipinski definition) is 3. The Labute approximate surface area is 154 Å². The molecule has 1 fully saturated rings. The predicted octanol–water partition coefficient (Wildman–Crippen LogP) is 2.40. The van der Waals surface area contributed by atoms with Crippen molar-refractivity contribution in [3.05, 3.63) is 29.8 Å². The van der Waals surface area contributed by atoms with Crippen molar-refractivity contribution in [2.45, 2.75) is 51.5 Å². The monoisotopic (exact) mass is 360 g/mol. The number of amides is 4. The minimum Gasteiger partial charge on any atom is -0.350 e. The summed E-state index contributed by atoms with van der Waals surface area (Å²) in [7, 11) is 0. The van der Waals surface area contributed by atoms with Crippen molar-refractivity contribution in [3.63, 3.8) is 0 Å². The zero-order chi connectivity index (χ0) is 18.8. The largest absolute Gasteiger partial charge is 0.350 e. The molecule has 4 N–H and O–H groups in total. The second-order valence-electron chi connectivity index (χ2n) is 6.47. The molecule has 0 unspecified atom stereocenters. The summed E-state index contributed by atoms with van der Waals surface area (Å²) in [4.78, 5) is 35.2. The van der Waals surface area contributed by atoms with E-state index < -0.39 is 0 Å². The van der Waals surface area contributed by atoms with Crippen LogP contribution in [0.2, 0.25) is 0 Å². The van der Waals surface area contributed by atoms with E-state index in [1.165, 1.54) is 19.3 Å². The van der Waals surface area contributed by atoms with Crippen molar-refractivity contribution < 1.29 is 14.4 Å². The van der Waals surface area contributed by atoms with E-state index in [-0.39, 0.29) is 23.9 Å². The third kappa shape index (κ3) is 6.74. The normalized spacial score (nSPS) is 14.3. The molecule has 7 heteroatoms. The van der Waals surface area contributed by atoms with Crippen LogP contribution in [-0.4, -0.2) is 37.0 Å². The molecule has 1 aromatic rings. The standard InChI is InChI=1S/C19H28N4O3/c1-2-17(24)22-16-10-8-14(9-11-16)18(25)20-12-13-21-19(26)23-15-6-4-3-5-7-15/h8-11,15H,2-7,12-13H2,1H3,(H,20,25)(H,22,24)(H2,21,23,26). The molecule has 4 amide bonds. The van der Waals surface area contributed by atoms with E-state index in [0.717, 1.165) is 12.8 Å². The van der Waals surface area contributed by atoms with Crippen LogP contribution in [0.5, 0.6) is 0 Å². The Morgan fingerprint density at radius 3 is 2.27 bits per heavy atom. The first-order valence-corrected chi connectivity index (χ1v) is 9.31. The predicted molar refractivity (Wildman–Crippen MR) is 101 cm³/mol. The van der Waals surface area contributed by atoms with Crippen LogP contribution in [0.15, 0.2) is 24.3 Å². The Bertz CT molecular complexity index is 610. The molecule has 0 spiro atoms. The number of rotatable bonds is 7. The number of benzene rings is 1. The fourth-order valence-electron chi connectivity index (χ4n) is 2.89. The quantitative estimate of drug-likeness (QED) is 0.562. The second kappa shape index (κ2) is 10.4. The highest BCUT2D eigenvalue weighted by Crippen LogP contribution is 2.17. The first-order chi connectivity index (χ1) is 12.6. The van der Waals surface area contributed by atoms with Crippen LogP contribution >= 0.6 is 0 Å². The number of hydrogen-bond donors (Lipinski definition) is 4. The molecule has 0 atom stereocenters. The summed E-state index contributed by atoms with van der Waals surface area (Å²) in [6, 6.07) is 6.79. The van der Waals surface area contributed by atoms with Crippen LogP contribution < -0.4 is 21.3 Å². The summed E-state index contributed by atoms with van der Waals surface area (Å²) in [6.45, 7) is 2.50. The maximum Gasteiger partial charge on any atom is 0.315 e. The minimum atomic E-state index is -0.215. The average Bonchev–Trinajstić information content (AvgIpc) is 2.66. The zero-order valence-corrected chi connectivity index (χ0v) is 15.3. The maximum atomic E-state index is 12.1. The van der Waals surface area contributed by atoms with Crippen LogP contribution in [0.3, 0.4) is 0 Å². The molecule has 1 aromatic carbocycles. The lowest BCUT2D eigenvalue weighted by molar-refractivity contribution is -0.115. The van der Waals surface area contributed by atoms with Crippen LogP contribution in [0, 0.1) is 0 Å². The van der Waals surface area contributed by atoms with Crippen molar-refractivity contribution >= 4 is 23.5 Å². The van der Waals surface area contributed by atoms with Gasteiger partial charge >= 0.3 is 6.03 Å². The van der Waals surface area contributed by atoms with E-state index in [1.807, 2.05) is 0 Å². The van der Waals surface area contributed by atoms with Gasteiger partial charge in [0.15, 0.2) is 0 Å².